The highest BCUT2D eigenvalue weighted by Gasteiger charge is 2.15. The molecule has 0 radical (unpaired) electrons. The van der Waals surface area contributed by atoms with Crippen molar-refractivity contribution < 1.29 is 4.79 Å². The fourth-order valence-electron chi connectivity index (χ4n) is 2.87. The fraction of sp³-hybridized carbons (Fsp3) is 0.150. The molecule has 0 fully saturated rings. The Hall–Kier alpha value is -3.46. The number of anilines is 1. The van der Waals surface area contributed by atoms with E-state index >= 15 is 0 Å². The lowest BCUT2D eigenvalue weighted by Gasteiger charge is -2.10. The number of rotatable bonds is 6. The van der Waals surface area contributed by atoms with E-state index in [-0.39, 0.29) is 11.7 Å². The number of thioether (sulfide) groups is 1. The maximum absolute atomic E-state index is 12.5. The zero-order chi connectivity index (χ0) is 20.2. The van der Waals surface area contributed by atoms with Crippen LogP contribution in [0.2, 0.25) is 0 Å². The number of aromatic nitrogens is 6. The maximum atomic E-state index is 12.5. The summed E-state index contributed by atoms with van der Waals surface area (Å²) in [4.78, 5) is 12.5. The van der Waals surface area contributed by atoms with E-state index in [1.807, 2.05) is 62.4 Å². The van der Waals surface area contributed by atoms with Crippen molar-refractivity contribution in [2.75, 3.05) is 11.1 Å². The lowest BCUT2D eigenvalue weighted by molar-refractivity contribution is -0.113. The van der Waals surface area contributed by atoms with Gasteiger partial charge in [0.15, 0.2) is 0 Å². The minimum Gasteiger partial charge on any atom is -0.310 e. The molecule has 1 amide bonds. The highest BCUT2D eigenvalue weighted by Crippen LogP contribution is 2.22. The molecular formula is C20H19N7OS. The molecule has 29 heavy (non-hydrogen) atoms. The number of benzene rings is 2. The van der Waals surface area contributed by atoms with Gasteiger partial charge in [-0.3, -0.25) is 4.79 Å². The van der Waals surface area contributed by atoms with E-state index in [0.717, 1.165) is 22.5 Å². The van der Waals surface area contributed by atoms with Gasteiger partial charge < -0.3 is 5.32 Å². The van der Waals surface area contributed by atoms with Crippen molar-refractivity contribution in [1.29, 1.82) is 0 Å². The minimum absolute atomic E-state index is 0.164. The first kappa shape index (κ1) is 18.9. The van der Waals surface area contributed by atoms with Crippen molar-refractivity contribution in [1.82, 2.24) is 30.0 Å². The van der Waals surface area contributed by atoms with Gasteiger partial charge in [-0.1, -0.05) is 42.1 Å². The first-order valence-corrected chi connectivity index (χ1v) is 9.99. The van der Waals surface area contributed by atoms with Gasteiger partial charge in [0.25, 0.3) is 0 Å². The van der Waals surface area contributed by atoms with Crippen molar-refractivity contribution in [3.05, 3.63) is 71.9 Å². The Morgan fingerprint density at radius 3 is 2.69 bits per heavy atom. The van der Waals surface area contributed by atoms with Crippen LogP contribution >= 0.6 is 11.8 Å². The Labute approximate surface area is 171 Å². The Balaban J connectivity index is 1.45. The van der Waals surface area contributed by atoms with Crippen LogP contribution in [-0.2, 0) is 4.79 Å². The average molecular weight is 405 g/mol. The van der Waals surface area contributed by atoms with E-state index < -0.39 is 0 Å². The van der Waals surface area contributed by atoms with Crippen LogP contribution in [0.5, 0.6) is 0 Å². The molecule has 2 aromatic heterocycles. The van der Waals surface area contributed by atoms with Gasteiger partial charge in [0.2, 0.25) is 11.1 Å². The third-order valence-corrected chi connectivity index (χ3v) is 5.41. The maximum Gasteiger partial charge on any atom is 0.236 e. The normalized spacial score (nSPS) is 10.8. The molecule has 0 saturated heterocycles. The van der Waals surface area contributed by atoms with E-state index in [0.29, 0.717) is 11.0 Å². The molecule has 0 aliphatic heterocycles. The first-order valence-electron chi connectivity index (χ1n) is 9.00. The lowest BCUT2D eigenvalue weighted by atomic mass is 10.1. The Morgan fingerprint density at radius 1 is 1.03 bits per heavy atom. The Bertz CT molecular complexity index is 1140. The fourth-order valence-corrected chi connectivity index (χ4v) is 3.55. The molecule has 8 nitrogen and oxygen atoms in total. The lowest BCUT2D eigenvalue weighted by Crippen LogP contribution is -2.17. The molecule has 0 saturated carbocycles. The van der Waals surface area contributed by atoms with Crippen LogP contribution in [0.15, 0.2) is 66.0 Å². The number of amides is 1. The minimum atomic E-state index is -0.164. The summed E-state index contributed by atoms with van der Waals surface area (Å²) >= 11 is 1.28. The van der Waals surface area contributed by atoms with E-state index in [2.05, 4.69) is 25.9 Å². The van der Waals surface area contributed by atoms with Gasteiger partial charge in [-0.05, 0) is 53.6 Å². The molecule has 9 heteroatoms. The van der Waals surface area contributed by atoms with Crippen molar-refractivity contribution in [3.63, 3.8) is 0 Å². The van der Waals surface area contributed by atoms with E-state index in [1.165, 1.54) is 11.8 Å². The smallest absolute Gasteiger partial charge is 0.236 e. The van der Waals surface area contributed by atoms with Gasteiger partial charge in [-0.25, -0.2) is 4.68 Å². The molecule has 0 unspecified atom stereocenters. The highest BCUT2D eigenvalue weighted by molar-refractivity contribution is 7.99. The van der Waals surface area contributed by atoms with Gasteiger partial charge in [0.1, 0.15) is 5.82 Å². The van der Waals surface area contributed by atoms with Gasteiger partial charge in [-0.15, -0.1) is 5.10 Å². The molecule has 0 aliphatic rings. The van der Waals surface area contributed by atoms with Crippen LogP contribution < -0.4 is 5.32 Å². The molecule has 4 rings (SSSR count). The van der Waals surface area contributed by atoms with E-state index in [4.69, 9.17) is 0 Å². The quantitative estimate of drug-likeness (QED) is 0.496. The van der Waals surface area contributed by atoms with Crippen molar-refractivity contribution >= 4 is 23.5 Å². The summed E-state index contributed by atoms with van der Waals surface area (Å²) in [6, 6.07) is 17.4. The SMILES string of the molecule is Cc1cccc(-n2nnnc2SCC(=O)Nc2ccnn2-c2ccccc2)c1C. The summed E-state index contributed by atoms with van der Waals surface area (Å²) in [7, 11) is 0. The molecule has 4 aromatic rings. The average Bonchev–Trinajstić information content (AvgIpc) is 3.38. The van der Waals surface area contributed by atoms with Crippen LogP contribution in [0, 0.1) is 13.8 Å². The van der Waals surface area contributed by atoms with Crippen LogP contribution in [0.25, 0.3) is 11.4 Å². The summed E-state index contributed by atoms with van der Waals surface area (Å²) in [5.74, 6) is 0.615. The van der Waals surface area contributed by atoms with E-state index in [9.17, 15) is 4.79 Å². The predicted octanol–water partition coefficient (Wildman–Crippen LogP) is 3.20. The molecule has 146 valence electrons. The number of hydrogen-bond acceptors (Lipinski definition) is 6. The monoisotopic (exact) mass is 405 g/mol. The number of tetrazole rings is 1. The summed E-state index contributed by atoms with van der Waals surface area (Å²) in [6.45, 7) is 4.07. The number of para-hydroxylation sites is 1. The van der Waals surface area contributed by atoms with Gasteiger partial charge in [0.05, 0.1) is 23.3 Å². The van der Waals surface area contributed by atoms with Crippen LogP contribution in [0.3, 0.4) is 0 Å². The van der Waals surface area contributed by atoms with Gasteiger partial charge in [0, 0.05) is 6.07 Å². The molecular weight excluding hydrogens is 386 g/mol. The molecule has 2 aromatic carbocycles. The second-order valence-corrected chi connectivity index (χ2v) is 7.34. The van der Waals surface area contributed by atoms with Crippen molar-refractivity contribution in [2.45, 2.75) is 19.0 Å². The molecule has 1 N–H and O–H groups in total. The van der Waals surface area contributed by atoms with Crippen LogP contribution in [0.4, 0.5) is 5.82 Å². The number of carbonyl (C=O) groups excluding carboxylic acids is 1. The third-order valence-electron chi connectivity index (χ3n) is 4.49. The summed E-state index contributed by atoms with van der Waals surface area (Å²) in [5.41, 5.74) is 4.03. The molecule has 0 bridgehead atoms. The van der Waals surface area contributed by atoms with Gasteiger partial charge >= 0.3 is 0 Å². The summed E-state index contributed by atoms with van der Waals surface area (Å²) < 4.78 is 3.34. The molecule has 0 spiro atoms. The van der Waals surface area contributed by atoms with Crippen LogP contribution in [0.1, 0.15) is 11.1 Å². The number of hydrogen-bond donors (Lipinski definition) is 1. The third kappa shape index (κ3) is 4.04. The molecule has 2 heterocycles. The molecule has 0 aliphatic carbocycles. The van der Waals surface area contributed by atoms with E-state index in [1.54, 1.807) is 21.6 Å². The Kier molecular flexibility index (Phi) is 5.39. The number of aryl methyl sites for hydroxylation is 1. The summed E-state index contributed by atoms with van der Waals surface area (Å²) in [6.07, 6.45) is 1.65. The highest BCUT2D eigenvalue weighted by atomic mass is 32.2. The predicted molar refractivity (Wildman–Crippen MR) is 112 cm³/mol. The number of nitrogens with zero attached hydrogens (tertiary/aromatic N) is 6. The zero-order valence-corrected chi connectivity index (χ0v) is 16.8. The molecule has 0 atom stereocenters. The number of carbonyl (C=O) groups is 1. The Morgan fingerprint density at radius 2 is 1.86 bits per heavy atom. The van der Waals surface area contributed by atoms with Crippen molar-refractivity contribution in [3.8, 4) is 11.4 Å². The topological polar surface area (TPSA) is 90.5 Å². The number of nitrogens with one attached hydrogen (secondary N) is 1. The van der Waals surface area contributed by atoms with Gasteiger partial charge in [-0.2, -0.15) is 9.78 Å². The standard InChI is InChI=1S/C20H19N7OS/c1-14-7-6-10-17(15(14)2)27-20(23-24-25-27)29-13-19(28)22-18-11-12-21-26(18)16-8-4-3-5-9-16/h3-12H,13H2,1-2H3,(H,22,28). The zero-order valence-electron chi connectivity index (χ0n) is 16.0. The first-order chi connectivity index (χ1) is 14.1. The summed E-state index contributed by atoms with van der Waals surface area (Å²) in [5, 5.41) is 19.7. The largest absolute Gasteiger partial charge is 0.310 e. The second-order valence-electron chi connectivity index (χ2n) is 6.39. The van der Waals surface area contributed by atoms with Crippen LogP contribution in [-0.4, -0.2) is 41.6 Å². The second kappa shape index (κ2) is 8.27. The van der Waals surface area contributed by atoms with Crippen molar-refractivity contribution in [2.24, 2.45) is 0 Å².